The summed E-state index contributed by atoms with van der Waals surface area (Å²) in [6.07, 6.45) is -20.2. The Morgan fingerprint density at radius 3 is 1.85 bits per heavy atom. The summed E-state index contributed by atoms with van der Waals surface area (Å²) in [6.45, 7) is 11.9. The van der Waals surface area contributed by atoms with E-state index in [9.17, 15) is 56.2 Å². The molecule has 6 aliphatic heterocycles. The van der Waals surface area contributed by atoms with Gasteiger partial charge >= 0.3 is 0 Å². The standard InChI is InChI=1S/C51H82O21/c1-20-9-14-51(63-19-20)21(2)32-29(72-51)16-28-26-8-7-24-15-25(10-12-49(24,5)27(26)11-13-50(28,32)6)66-48-41(62)44(35(56)31(18-53)68-48)71-45-39(60)37(58)42(23(4)65-45)69-47-40(61)43(33(54)22(3)64-47)70-46-38(59)36(57)34(55)30(17-52)67-46/h7,20-23,25-48,52-62H,8-19H2,1-6H3/t20-,21-,22+,23+,25+,26+,27-,28-,29-,30+,31+,32-,33+,34+,35+,36-,37+,38+,39+,40+,41+,42+,43-,44-,45-,46-,47-,48+,49+,50-,51+/m1/s1. The van der Waals surface area contributed by atoms with Crippen LogP contribution in [0.25, 0.3) is 0 Å². The molecule has 1 spiro atoms. The van der Waals surface area contributed by atoms with Gasteiger partial charge < -0.3 is 104 Å². The highest BCUT2D eigenvalue weighted by Gasteiger charge is 2.69. The molecule has 0 aromatic heterocycles. The number of hydrogen-bond donors (Lipinski definition) is 11. The van der Waals surface area contributed by atoms with Crippen molar-refractivity contribution in [3.05, 3.63) is 11.6 Å². The Morgan fingerprint density at radius 2 is 1.18 bits per heavy atom. The molecule has 72 heavy (non-hydrogen) atoms. The molecule has 4 aliphatic carbocycles. The molecule has 0 aromatic rings. The van der Waals surface area contributed by atoms with Gasteiger partial charge in [0.1, 0.15) is 85.5 Å². The lowest BCUT2D eigenvalue weighted by atomic mass is 9.47. The van der Waals surface area contributed by atoms with Crippen molar-refractivity contribution in [3.8, 4) is 0 Å². The van der Waals surface area contributed by atoms with Crippen LogP contribution in [0.15, 0.2) is 11.6 Å². The minimum Gasteiger partial charge on any atom is -0.394 e. The number of rotatable bonds is 10. The molecule has 0 radical (unpaired) electrons. The summed E-state index contributed by atoms with van der Waals surface area (Å²) < 4.78 is 60.9. The van der Waals surface area contributed by atoms with Crippen molar-refractivity contribution in [1.29, 1.82) is 0 Å². The van der Waals surface area contributed by atoms with Crippen molar-refractivity contribution in [3.63, 3.8) is 0 Å². The van der Waals surface area contributed by atoms with Crippen LogP contribution in [-0.2, 0) is 47.4 Å². The topological polar surface area (TPSA) is 315 Å². The van der Waals surface area contributed by atoms with E-state index in [0.717, 1.165) is 51.6 Å². The summed E-state index contributed by atoms with van der Waals surface area (Å²) in [7, 11) is 0. The molecule has 0 unspecified atom stereocenters. The molecule has 3 saturated carbocycles. The highest BCUT2D eigenvalue weighted by Crippen LogP contribution is 2.71. The van der Waals surface area contributed by atoms with Gasteiger partial charge in [0.2, 0.25) is 0 Å². The zero-order chi connectivity index (χ0) is 51.5. The first kappa shape index (κ1) is 54.3. The third kappa shape index (κ3) is 9.09. The van der Waals surface area contributed by atoms with E-state index in [2.05, 4.69) is 33.8 Å². The van der Waals surface area contributed by atoms with E-state index in [4.69, 9.17) is 47.4 Å². The molecule has 10 rings (SSSR count). The van der Waals surface area contributed by atoms with Crippen molar-refractivity contribution in [2.24, 2.45) is 46.3 Å². The van der Waals surface area contributed by atoms with Gasteiger partial charge in [-0.1, -0.05) is 39.3 Å². The van der Waals surface area contributed by atoms with Crippen LogP contribution < -0.4 is 0 Å². The van der Waals surface area contributed by atoms with Gasteiger partial charge in [-0.2, -0.15) is 0 Å². The normalized spacial score (nSPS) is 57.8. The second kappa shape index (κ2) is 20.6. The van der Waals surface area contributed by atoms with Gasteiger partial charge in [0.15, 0.2) is 30.9 Å². The number of ether oxygens (including phenoxy) is 10. The first-order valence-electron chi connectivity index (χ1n) is 26.7. The van der Waals surface area contributed by atoms with E-state index in [0.29, 0.717) is 48.3 Å². The molecule has 6 heterocycles. The summed E-state index contributed by atoms with van der Waals surface area (Å²) in [5, 5.41) is 119. The van der Waals surface area contributed by atoms with E-state index in [1.54, 1.807) is 0 Å². The summed E-state index contributed by atoms with van der Waals surface area (Å²) >= 11 is 0. The van der Waals surface area contributed by atoms with Crippen LogP contribution in [0.2, 0.25) is 0 Å². The quantitative estimate of drug-likeness (QED) is 0.118. The van der Waals surface area contributed by atoms with Crippen LogP contribution in [0.1, 0.15) is 99.3 Å². The third-order valence-corrected chi connectivity index (χ3v) is 19.8. The van der Waals surface area contributed by atoms with Crippen molar-refractivity contribution in [2.75, 3.05) is 19.8 Å². The average Bonchev–Trinajstić information content (AvgIpc) is 3.81. The third-order valence-electron chi connectivity index (χ3n) is 19.8. The number of allylic oxidation sites excluding steroid dienone is 1. The lowest BCUT2D eigenvalue weighted by Gasteiger charge is -2.58. The summed E-state index contributed by atoms with van der Waals surface area (Å²) in [5.74, 6) is 2.59. The lowest BCUT2D eigenvalue weighted by Crippen LogP contribution is -2.66. The van der Waals surface area contributed by atoms with E-state index in [1.807, 2.05) is 0 Å². The van der Waals surface area contributed by atoms with Gasteiger partial charge in [0.25, 0.3) is 0 Å². The van der Waals surface area contributed by atoms with Gasteiger partial charge in [-0.25, -0.2) is 0 Å². The predicted octanol–water partition coefficient (Wildman–Crippen LogP) is -0.934. The van der Waals surface area contributed by atoms with Crippen LogP contribution >= 0.6 is 0 Å². The zero-order valence-electron chi connectivity index (χ0n) is 42.2. The minimum absolute atomic E-state index is 0.0164. The van der Waals surface area contributed by atoms with Crippen LogP contribution in [0.5, 0.6) is 0 Å². The van der Waals surface area contributed by atoms with Gasteiger partial charge in [-0.05, 0) is 106 Å². The number of hydrogen-bond acceptors (Lipinski definition) is 21. The summed E-state index contributed by atoms with van der Waals surface area (Å²) in [5.41, 5.74) is 1.52. The van der Waals surface area contributed by atoms with Gasteiger partial charge in [-0.15, -0.1) is 0 Å². The fraction of sp³-hybridized carbons (Fsp3) is 0.961. The molecule has 11 N–H and O–H groups in total. The van der Waals surface area contributed by atoms with Crippen LogP contribution in [0, 0.1) is 46.3 Å². The molecule has 10 aliphatic rings. The first-order valence-corrected chi connectivity index (χ1v) is 26.7. The van der Waals surface area contributed by atoms with Crippen LogP contribution in [-0.4, -0.2) is 217 Å². The first-order chi connectivity index (χ1) is 34.1. The number of fused-ring (bicyclic) bond motifs is 7. The summed E-state index contributed by atoms with van der Waals surface area (Å²) in [4.78, 5) is 0. The Hall–Kier alpha value is -1.10. The zero-order valence-corrected chi connectivity index (χ0v) is 42.2. The van der Waals surface area contributed by atoms with Crippen molar-refractivity contribution in [2.45, 2.75) is 240 Å². The molecule has 412 valence electrons. The molecule has 6 saturated heterocycles. The average molecular weight is 1030 g/mol. The fourth-order valence-corrected chi connectivity index (χ4v) is 15.5. The van der Waals surface area contributed by atoms with Gasteiger partial charge in [0.05, 0.1) is 44.2 Å². The number of aliphatic hydroxyl groups is 11. The summed E-state index contributed by atoms with van der Waals surface area (Å²) in [6, 6.07) is 0. The maximum atomic E-state index is 11.8. The molecule has 21 nitrogen and oxygen atoms in total. The van der Waals surface area contributed by atoms with Gasteiger partial charge in [0, 0.05) is 12.3 Å². The molecular formula is C51H82O21. The molecule has 0 bridgehead atoms. The molecule has 0 amide bonds. The molecule has 31 atom stereocenters. The second-order valence-electron chi connectivity index (χ2n) is 23.9. The fourth-order valence-electron chi connectivity index (χ4n) is 15.5. The van der Waals surface area contributed by atoms with Crippen molar-refractivity contribution in [1.82, 2.24) is 0 Å². The Labute approximate surface area is 420 Å². The number of aliphatic hydroxyl groups excluding tert-OH is 11. The molecule has 21 heteroatoms. The highest BCUT2D eigenvalue weighted by atomic mass is 16.8. The largest absolute Gasteiger partial charge is 0.394 e. The Morgan fingerprint density at radius 1 is 0.583 bits per heavy atom. The smallest absolute Gasteiger partial charge is 0.187 e. The molecule has 0 aromatic carbocycles. The highest BCUT2D eigenvalue weighted by molar-refractivity contribution is 5.26. The Balaban J connectivity index is 0.760. The van der Waals surface area contributed by atoms with E-state index in [-0.39, 0.29) is 23.0 Å². The van der Waals surface area contributed by atoms with Crippen molar-refractivity contribution >= 4 is 0 Å². The Kier molecular flexibility index (Phi) is 15.5. The maximum Gasteiger partial charge on any atom is 0.187 e. The van der Waals surface area contributed by atoms with E-state index in [1.165, 1.54) is 19.4 Å². The molecular weight excluding hydrogens is 949 g/mol. The van der Waals surface area contributed by atoms with Crippen LogP contribution in [0.3, 0.4) is 0 Å². The lowest BCUT2D eigenvalue weighted by molar-refractivity contribution is -0.386. The monoisotopic (exact) mass is 1030 g/mol. The second-order valence-corrected chi connectivity index (χ2v) is 23.9. The van der Waals surface area contributed by atoms with Crippen LogP contribution in [0.4, 0.5) is 0 Å². The minimum atomic E-state index is -1.87. The van der Waals surface area contributed by atoms with Gasteiger partial charge in [-0.3, -0.25) is 0 Å². The van der Waals surface area contributed by atoms with E-state index >= 15 is 0 Å². The SMILES string of the molecule is C[C@@H]1CC[C@]2(OC1)O[C@@H]1C[C@@H]3[C@H]4CC=C5C[C@@H](O[C@H]6O[C@@H](CO)[C@H](O)[C@@H](O[C@H]7O[C@@H](C)[C@H](O[C@H]8O[C@@H](C)[C@H](O)[C@@H](O[C@H]9O[C@@H](CO)[C@H](O)[C@@H](O)[C@@H]9O)[C@@H]8O)[C@@H](O)[C@@H]7O)[C@@H]6O)CC[C@]5(C)[C@@H]4CC[C@@]3(C)[C@@H]1[C@H]2C. The molecule has 9 fully saturated rings. The predicted molar refractivity (Wildman–Crippen MR) is 245 cm³/mol. The van der Waals surface area contributed by atoms with E-state index < -0.39 is 142 Å². The van der Waals surface area contributed by atoms with Crippen molar-refractivity contribution < 1.29 is 104 Å². The maximum absolute atomic E-state index is 11.8. The Bertz CT molecular complexity index is 1900.